The highest BCUT2D eigenvalue weighted by atomic mass is 32.1. The summed E-state index contributed by atoms with van der Waals surface area (Å²) in [6.45, 7) is 3.48. The molecule has 7 heteroatoms. The third-order valence-electron chi connectivity index (χ3n) is 2.19. The molecule has 6 nitrogen and oxygen atoms in total. The summed E-state index contributed by atoms with van der Waals surface area (Å²) in [6.07, 6.45) is 0.430. The number of nitrogen functional groups attached to an aromatic ring is 1. The van der Waals surface area contributed by atoms with Gasteiger partial charge in [0.05, 0.1) is 5.69 Å². The molecular formula is C10H15N3O3S. The molecule has 0 aliphatic carbocycles. The monoisotopic (exact) mass is 257 g/mol. The molecule has 17 heavy (non-hydrogen) atoms. The van der Waals surface area contributed by atoms with Crippen molar-refractivity contribution in [1.29, 1.82) is 0 Å². The molecule has 1 aromatic rings. The highest BCUT2D eigenvalue weighted by molar-refractivity contribution is 7.17. The fourth-order valence-electron chi connectivity index (χ4n) is 1.33. The van der Waals surface area contributed by atoms with Gasteiger partial charge in [0, 0.05) is 12.5 Å². The van der Waals surface area contributed by atoms with E-state index < -0.39 is 5.97 Å². The lowest BCUT2D eigenvalue weighted by Crippen LogP contribution is -2.32. The lowest BCUT2D eigenvalue weighted by atomic mass is 10.2. The van der Waals surface area contributed by atoms with Crippen molar-refractivity contribution < 1.29 is 14.7 Å². The average molecular weight is 257 g/mol. The van der Waals surface area contributed by atoms with Gasteiger partial charge in [-0.1, -0.05) is 11.3 Å². The number of carbonyl (C=O) groups excluding carboxylic acids is 1. The fraction of sp³-hybridized carbons (Fsp3) is 0.500. The van der Waals surface area contributed by atoms with Crippen LogP contribution in [0.25, 0.3) is 0 Å². The van der Waals surface area contributed by atoms with Crippen molar-refractivity contribution >= 4 is 28.3 Å². The number of thiazole rings is 1. The molecule has 0 bridgehead atoms. The molecule has 4 N–H and O–H groups in total. The lowest BCUT2D eigenvalue weighted by molar-refractivity contribution is -0.137. The van der Waals surface area contributed by atoms with Gasteiger partial charge in [-0.15, -0.1) is 0 Å². The molecule has 0 aromatic carbocycles. The molecule has 0 saturated heterocycles. The SMILES string of the molecule is Cc1nc(N)sc1C(=O)NC(C)CCC(=O)O. The first-order valence-corrected chi connectivity index (χ1v) is 5.97. The van der Waals surface area contributed by atoms with E-state index in [1.165, 1.54) is 0 Å². The number of rotatable bonds is 5. The van der Waals surface area contributed by atoms with Gasteiger partial charge in [0.1, 0.15) is 4.88 Å². The van der Waals surface area contributed by atoms with Crippen molar-refractivity contribution in [1.82, 2.24) is 10.3 Å². The van der Waals surface area contributed by atoms with Crippen molar-refractivity contribution in [2.45, 2.75) is 32.7 Å². The van der Waals surface area contributed by atoms with Crippen molar-refractivity contribution in [3.8, 4) is 0 Å². The number of carbonyl (C=O) groups is 2. The molecule has 0 aliphatic heterocycles. The molecule has 1 heterocycles. The molecule has 0 radical (unpaired) electrons. The van der Waals surface area contributed by atoms with Crippen LogP contribution in [0, 0.1) is 6.92 Å². The van der Waals surface area contributed by atoms with E-state index in [2.05, 4.69) is 10.3 Å². The van der Waals surface area contributed by atoms with E-state index in [9.17, 15) is 9.59 Å². The Kier molecular flexibility index (Phi) is 4.45. The Bertz CT molecular complexity index is 430. The molecular weight excluding hydrogens is 242 g/mol. The van der Waals surface area contributed by atoms with E-state index in [4.69, 9.17) is 10.8 Å². The van der Waals surface area contributed by atoms with Crippen LogP contribution in [0.1, 0.15) is 35.1 Å². The van der Waals surface area contributed by atoms with Crippen LogP contribution in [0.4, 0.5) is 5.13 Å². The van der Waals surface area contributed by atoms with Gasteiger partial charge in [0.2, 0.25) is 0 Å². The second-order valence-corrected chi connectivity index (χ2v) is 4.80. The molecule has 1 amide bonds. The zero-order chi connectivity index (χ0) is 13.0. The largest absolute Gasteiger partial charge is 0.481 e. The molecule has 0 fully saturated rings. The molecule has 0 saturated carbocycles. The summed E-state index contributed by atoms with van der Waals surface area (Å²) < 4.78 is 0. The molecule has 1 atom stereocenters. The number of aromatic nitrogens is 1. The second-order valence-electron chi connectivity index (χ2n) is 3.77. The van der Waals surface area contributed by atoms with Crippen LogP contribution in [-0.4, -0.2) is 28.0 Å². The highest BCUT2D eigenvalue weighted by Gasteiger charge is 2.16. The van der Waals surface area contributed by atoms with E-state index in [-0.39, 0.29) is 18.4 Å². The lowest BCUT2D eigenvalue weighted by Gasteiger charge is -2.11. The number of hydrogen-bond acceptors (Lipinski definition) is 5. The molecule has 1 unspecified atom stereocenters. The van der Waals surface area contributed by atoms with Crippen LogP contribution in [0.2, 0.25) is 0 Å². The number of aryl methyl sites for hydroxylation is 1. The normalized spacial score (nSPS) is 12.1. The summed E-state index contributed by atoms with van der Waals surface area (Å²) in [5.41, 5.74) is 6.09. The zero-order valence-corrected chi connectivity index (χ0v) is 10.5. The average Bonchev–Trinajstić information content (AvgIpc) is 2.55. The Morgan fingerprint density at radius 2 is 2.24 bits per heavy atom. The summed E-state index contributed by atoms with van der Waals surface area (Å²) in [5.74, 6) is -1.13. The predicted molar refractivity (Wildman–Crippen MR) is 65.1 cm³/mol. The predicted octanol–water partition coefficient (Wildman–Crippen LogP) is 1.02. The Labute approximate surface area is 103 Å². The van der Waals surface area contributed by atoms with Crippen molar-refractivity contribution in [2.75, 3.05) is 5.73 Å². The summed E-state index contributed by atoms with van der Waals surface area (Å²) in [6, 6.07) is -0.193. The third-order valence-corrected chi connectivity index (χ3v) is 3.17. The van der Waals surface area contributed by atoms with Gasteiger partial charge < -0.3 is 16.2 Å². The maximum Gasteiger partial charge on any atom is 0.303 e. The summed E-state index contributed by atoms with van der Waals surface area (Å²) in [4.78, 5) is 26.6. The van der Waals surface area contributed by atoms with E-state index in [1.54, 1.807) is 13.8 Å². The highest BCUT2D eigenvalue weighted by Crippen LogP contribution is 2.19. The first-order chi connectivity index (χ1) is 7.90. The van der Waals surface area contributed by atoms with E-state index in [1.807, 2.05) is 0 Å². The number of anilines is 1. The third kappa shape index (κ3) is 4.03. The molecule has 94 valence electrons. The summed E-state index contributed by atoms with van der Waals surface area (Å²) >= 11 is 1.13. The number of aliphatic carboxylic acids is 1. The number of nitrogens with zero attached hydrogens (tertiary/aromatic N) is 1. The van der Waals surface area contributed by atoms with E-state index in [0.717, 1.165) is 11.3 Å². The van der Waals surface area contributed by atoms with Gasteiger partial charge >= 0.3 is 5.97 Å². The van der Waals surface area contributed by atoms with E-state index in [0.29, 0.717) is 22.1 Å². The minimum absolute atomic E-state index is 0.0330. The van der Waals surface area contributed by atoms with Crippen LogP contribution in [0.15, 0.2) is 0 Å². The Morgan fingerprint density at radius 3 is 2.71 bits per heavy atom. The quantitative estimate of drug-likeness (QED) is 0.730. The number of carboxylic acids is 1. The van der Waals surface area contributed by atoms with Crippen molar-refractivity contribution in [3.05, 3.63) is 10.6 Å². The molecule has 0 aliphatic rings. The van der Waals surface area contributed by atoms with Gasteiger partial charge in [-0.05, 0) is 20.3 Å². The summed E-state index contributed by atoms with van der Waals surface area (Å²) in [5, 5.41) is 11.6. The standard InChI is InChI=1S/C10H15N3O3S/c1-5(3-4-7(14)15)12-9(16)8-6(2)13-10(11)17-8/h5H,3-4H2,1-2H3,(H2,11,13)(H,12,16)(H,14,15). The van der Waals surface area contributed by atoms with Gasteiger partial charge in [0.15, 0.2) is 5.13 Å². The van der Waals surface area contributed by atoms with Crippen LogP contribution in [-0.2, 0) is 4.79 Å². The molecule has 0 spiro atoms. The summed E-state index contributed by atoms with van der Waals surface area (Å²) in [7, 11) is 0. The smallest absolute Gasteiger partial charge is 0.303 e. The van der Waals surface area contributed by atoms with Gasteiger partial charge in [-0.25, -0.2) is 4.98 Å². The van der Waals surface area contributed by atoms with Crippen LogP contribution >= 0.6 is 11.3 Å². The topological polar surface area (TPSA) is 105 Å². The minimum atomic E-state index is -0.871. The number of carboxylic acid groups (broad SMARTS) is 1. The van der Waals surface area contributed by atoms with Crippen LogP contribution in [0.3, 0.4) is 0 Å². The first-order valence-electron chi connectivity index (χ1n) is 5.15. The van der Waals surface area contributed by atoms with Crippen LogP contribution in [0.5, 0.6) is 0 Å². The zero-order valence-electron chi connectivity index (χ0n) is 9.69. The maximum atomic E-state index is 11.8. The van der Waals surface area contributed by atoms with Crippen molar-refractivity contribution in [2.24, 2.45) is 0 Å². The molecule has 1 rings (SSSR count). The number of amides is 1. The maximum absolute atomic E-state index is 11.8. The van der Waals surface area contributed by atoms with Gasteiger partial charge in [-0.3, -0.25) is 9.59 Å². The Balaban J connectivity index is 2.54. The second kappa shape index (κ2) is 5.62. The Hall–Kier alpha value is -1.63. The number of nitrogens with two attached hydrogens (primary N) is 1. The minimum Gasteiger partial charge on any atom is -0.481 e. The Morgan fingerprint density at radius 1 is 1.59 bits per heavy atom. The number of hydrogen-bond donors (Lipinski definition) is 3. The molecule has 1 aromatic heterocycles. The number of nitrogens with one attached hydrogen (secondary N) is 1. The van der Waals surface area contributed by atoms with Crippen LogP contribution < -0.4 is 11.1 Å². The van der Waals surface area contributed by atoms with Crippen molar-refractivity contribution in [3.63, 3.8) is 0 Å². The first kappa shape index (κ1) is 13.4. The van der Waals surface area contributed by atoms with Gasteiger partial charge in [0.25, 0.3) is 5.91 Å². The van der Waals surface area contributed by atoms with E-state index >= 15 is 0 Å². The fourth-order valence-corrected chi connectivity index (χ4v) is 2.07. The van der Waals surface area contributed by atoms with Gasteiger partial charge in [-0.2, -0.15) is 0 Å².